The molecule has 2 aliphatic heterocycles. The number of carbonyl (C=O) groups excluding carboxylic acids is 1. The van der Waals surface area contributed by atoms with Gasteiger partial charge in [-0.1, -0.05) is 12.1 Å². The molecule has 7 nitrogen and oxygen atoms in total. The molecule has 0 bridgehead atoms. The van der Waals surface area contributed by atoms with Gasteiger partial charge in [-0.2, -0.15) is 0 Å². The molecule has 6 rings (SSSR count). The normalized spacial score (nSPS) is 30.7. The van der Waals surface area contributed by atoms with Crippen molar-refractivity contribution in [3.05, 3.63) is 60.3 Å². The summed E-state index contributed by atoms with van der Waals surface area (Å²) in [5.41, 5.74) is 0.905. The Labute approximate surface area is 166 Å². The minimum absolute atomic E-state index is 0.0166. The molecule has 0 unspecified atom stereocenters. The Kier molecular flexibility index (Phi) is 3.50. The van der Waals surface area contributed by atoms with E-state index in [4.69, 9.17) is 9.47 Å². The van der Waals surface area contributed by atoms with Gasteiger partial charge in [0.1, 0.15) is 23.8 Å². The predicted molar refractivity (Wildman–Crippen MR) is 99.5 cm³/mol. The number of aromatic nitrogens is 3. The fourth-order valence-electron chi connectivity index (χ4n) is 4.82. The van der Waals surface area contributed by atoms with Crippen molar-refractivity contribution in [3.63, 3.8) is 0 Å². The second kappa shape index (κ2) is 6.00. The molecule has 2 saturated heterocycles. The van der Waals surface area contributed by atoms with Crippen LogP contribution in [0.2, 0.25) is 0 Å². The van der Waals surface area contributed by atoms with Crippen LogP contribution in [0.25, 0.3) is 5.65 Å². The second-order valence-corrected chi connectivity index (χ2v) is 7.95. The first-order valence-electron chi connectivity index (χ1n) is 9.84. The van der Waals surface area contributed by atoms with Gasteiger partial charge >= 0.3 is 6.01 Å². The number of nitrogens with zero attached hydrogens (tertiary/aromatic N) is 4. The summed E-state index contributed by atoms with van der Waals surface area (Å²) in [7, 11) is 0. The Morgan fingerprint density at radius 3 is 2.76 bits per heavy atom. The lowest BCUT2D eigenvalue weighted by Crippen LogP contribution is -2.56. The van der Waals surface area contributed by atoms with E-state index in [1.54, 1.807) is 35.1 Å². The van der Waals surface area contributed by atoms with Crippen LogP contribution in [-0.4, -0.2) is 43.1 Å². The van der Waals surface area contributed by atoms with Crippen LogP contribution in [0.15, 0.2) is 48.9 Å². The Morgan fingerprint density at radius 1 is 1.10 bits per heavy atom. The van der Waals surface area contributed by atoms with E-state index in [-0.39, 0.29) is 30.1 Å². The zero-order valence-electron chi connectivity index (χ0n) is 15.6. The third-order valence-electron chi connectivity index (χ3n) is 6.24. The minimum atomic E-state index is -0.809. The van der Waals surface area contributed by atoms with Crippen LogP contribution in [0.3, 0.4) is 0 Å². The molecule has 1 spiro atoms. The standard InChI is InChI=1S/C21H19FN4O3/c22-14-3-1-13(2-4-14)16-5-6-18-26(16)19(27)21(29-18)11-15(12-21)28-20-24-8-7-17-23-9-10-25(17)20/h1-4,7-10,15-16,18H,5-6,11-12H2/t15?,16-,18+,21?/m0/s1. The van der Waals surface area contributed by atoms with E-state index in [0.29, 0.717) is 18.9 Å². The number of hydrogen-bond donors (Lipinski definition) is 0. The molecule has 3 aromatic rings. The lowest BCUT2D eigenvalue weighted by Gasteiger charge is -2.41. The molecule has 2 aromatic heterocycles. The number of benzene rings is 1. The summed E-state index contributed by atoms with van der Waals surface area (Å²) in [4.78, 5) is 23.6. The molecular formula is C21H19FN4O3. The third kappa shape index (κ3) is 2.48. The van der Waals surface area contributed by atoms with Gasteiger partial charge in [-0.25, -0.2) is 14.4 Å². The van der Waals surface area contributed by atoms with Crippen LogP contribution >= 0.6 is 0 Å². The molecule has 1 amide bonds. The van der Waals surface area contributed by atoms with Crippen molar-refractivity contribution in [2.75, 3.05) is 0 Å². The van der Waals surface area contributed by atoms with Crippen molar-refractivity contribution < 1.29 is 18.7 Å². The number of amides is 1. The second-order valence-electron chi connectivity index (χ2n) is 7.95. The number of hydrogen-bond acceptors (Lipinski definition) is 5. The summed E-state index contributed by atoms with van der Waals surface area (Å²) < 4.78 is 27.3. The van der Waals surface area contributed by atoms with Crippen molar-refractivity contribution in [1.82, 2.24) is 19.3 Å². The van der Waals surface area contributed by atoms with Gasteiger partial charge in [0.2, 0.25) is 0 Å². The van der Waals surface area contributed by atoms with E-state index in [1.165, 1.54) is 12.1 Å². The van der Waals surface area contributed by atoms with E-state index in [9.17, 15) is 9.18 Å². The van der Waals surface area contributed by atoms with E-state index in [1.807, 2.05) is 11.0 Å². The van der Waals surface area contributed by atoms with Crippen molar-refractivity contribution >= 4 is 11.6 Å². The highest BCUT2D eigenvalue weighted by molar-refractivity contribution is 5.89. The molecule has 1 saturated carbocycles. The number of fused-ring (bicyclic) bond motifs is 2. The summed E-state index contributed by atoms with van der Waals surface area (Å²) in [6.07, 6.45) is 7.42. The van der Waals surface area contributed by atoms with Crippen molar-refractivity contribution in [2.45, 2.75) is 49.7 Å². The average molecular weight is 394 g/mol. The van der Waals surface area contributed by atoms with Crippen molar-refractivity contribution in [3.8, 4) is 6.01 Å². The third-order valence-corrected chi connectivity index (χ3v) is 6.24. The lowest BCUT2D eigenvalue weighted by atomic mass is 9.76. The number of rotatable bonds is 3. The van der Waals surface area contributed by atoms with Gasteiger partial charge in [0.05, 0.1) is 6.04 Å². The van der Waals surface area contributed by atoms with Gasteiger partial charge in [-0.15, -0.1) is 0 Å². The van der Waals surface area contributed by atoms with Crippen molar-refractivity contribution in [2.24, 2.45) is 0 Å². The SMILES string of the molecule is O=C1N2[C@@H](CC[C@H]2c2ccc(F)cc2)OC12CC(Oc1nccc3nccn13)C2. The number of imidazole rings is 1. The van der Waals surface area contributed by atoms with Crippen LogP contribution < -0.4 is 4.74 Å². The zero-order chi connectivity index (χ0) is 19.6. The molecule has 0 radical (unpaired) electrons. The topological polar surface area (TPSA) is 69.0 Å². The van der Waals surface area contributed by atoms with E-state index in [0.717, 1.165) is 24.1 Å². The molecule has 1 aromatic carbocycles. The quantitative estimate of drug-likeness (QED) is 0.683. The maximum Gasteiger partial charge on any atom is 0.302 e. The van der Waals surface area contributed by atoms with Crippen LogP contribution in [-0.2, 0) is 9.53 Å². The highest BCUT2D eigenvalue weighted by Crippen LogP contribution is 2.51. The number of ether oxygens (including phenoxy) is 2. The fourth-order valence-corrected chi connectivity index (χ4v) is 4.82. The van der Waals surface area contributed by atoms with Gasteiger partial charge in [0.25, 0.3) is 5.91 Å². The van der Waals surface area contributed by atoms with Crippen LogP contribution in [0, 0.1) is 5.82 Å². The van der Waals surface area contributed by atoms with Gasteiger partial charge in [-0.3, -0.25) is 9.20 Å². The summed E-state index contributed by atoms with van der Waals surface area (Å²) in [5.74, 6) is -0.257. The van der Waals surface area contributed by atoms with Crippen LogP contribution in [0.4, 0.5) is 4.39 Å². The summed E-state index contributed by atoms with van der Waals surface area (Å²) in [5, 5.41) is 0. The van der Waals surface area contributed by atoms with Crippen molar-refractivity contribution in [1.29, 1.82) is 0 Å². The largest absolute Gasteiger partial charge is 0.461 e. The monoisotopic (exact) mass is 394 g/mol. The average Bonchev–Trinajstić information content (AvgIpc) is 3.39. The van der Waals surface area contributed by atoms with Crippen LogP contribution in [0.5, 0.6) is 6.01 Å². The molecular weight excluding hydrogens is 375 g/mol. The van der Waals surface area contributed by atoms with Gasteiger partial charge in [-0.05, 0) is 36.6 Å². The molecule has 148 valence electrons. The minimum Gasteiger partial charge on any atom is -0.461 e. The molecule has 8 heteroatoms. The number of halogens is 1. The van der Waals surface area contributed by atoms with E-state index >= 15 is 0 Å². The number of carbonyl (C=O) groups is 1. The first kappa shape index (κ1) is 16.9. The summed E-state index contributed by atoms with van der Waals surface area (Å²) >= 11 is 0. The van der Waals surface area contributed by atoms with Crippen LogP contribution in [0.1, 0.15) is 37.3 Å². The summed E-state index contributed by atoms with van der Waals surface area (Å²) in [6, 6.07) is 8.61. The Bertz CT molecular complexity index is 1090. The van der Waals surface area contributed by atoms with Gasteiger partial charge in [0.15, 0.2) is 5.60 Å². The smallest absolute Gasteiger partial charge is 0.302 e. The Balaban J connectivity index is 1.18. The molecule has 29 heavy (non-hydrogen) atoms. The highest BCUT2D eigenvalue weighted by Gasteiger charge is 2.63. The zero-order valence-corrected chi connectivity index (χ0v) is 15.6. The molecule has 3 fully saturated rings. The lowest BCUT2D eigenvalue weighted by molar-refractivity contribution is -0.162. The highest BCUT2D eigenvalue weighted by atomic mass is 19.1. The van der Waals surface area contributed by atoms with Gasteiger partial charge < -0.3 is 14.4 Å². The van der Waals surface area contributed by atoms with E-state index in [2.05, 4.69) is 9.97 Å². The first-order valence-corrected chi connectivity index (χ1v) is 9.84. The van der Waals surface area contributed by atoms with Gasteiger partial charge in [0, 0.05) is 31.4 Å². The molecule has 4 heterocycles. The Hall–Kier alpha value is -3.00. The molecule has 0 N–H and O–H groups in total. The molecule has 2 atom stereocenters. The van der Waals surface area contributed by atoms with E-state index < -0.39 is 5.60 Å². The Morgan fingerprint density at radius 2 is 1.93 bits per heavy atom. The first-order chi connectivity index (χ1) is 14.1. The maximum atomic E-state index is 13.3. The maximum absolute atomic E-state index is 13.3. The predicted octanol–water partition coefficient (Wildman–Crippen LogP) is 2.87. The summed E-state index contributed by atoms with van der Waals surface area (Å²) in [6.45, 7) is 0. The molecule has 1 aliphatic carbocycles. The molecule has 3 aliphatic rings. The fraction of sp³-hybridized carbons (Fsp3) is 0.381.